The van der Waals surface area contributed by atoms with Crippen LogP contribution >= 0.6 is 23.2 Å². The number of rotatable bonds is 2. The van der Waals surface area contributed by atoms with E-state index in [2.05, 4.69) is 0 Å². The van der Waals surface area contributed by atoms with Gasteiger partial charge in [-0.2, -0.15) is 0 Å². The lowest BCUT2D eigenvalue weighted by Crippen LogP contribution is -2.49. The largest absolute Gasteiger partial charge is 0.323 e. The van der Waals surface area contributed by atoms with E-state index >= 15 is 0 Å². The first kappa shape index (κ1) is 30.5. The topological polar surface area (TPSA) is 81.2 Å². The molecule has 0 spiro atoms. The number of likely N-dealkylation sites (N-methyl/N-ethyl adjacent to an activating group) is 2. The van der Waals surface area contributed by atoms with Crippen LogP contribution in [0.25, 0.3) is 0 Å². The molecule has 34 heavy (non-hydrogen) atoms. The quantitative estimate of drug-likeness (QED) is 0.377. The summed E-state index contributed by atoms with van der Waals surface area (Å²) in [5.74, 6) is 0.0443. The molecule has 0 aromatic carbocycles. The van der Waals surface area contributed by atoms with Gasteiger partial charge in [0.1, 0.15) is 24.4 Å². The van der Waals surface area contributed by atoms with E-state index in [4.69, 9.17) is 23.2 Å². The Balaban J connectivity index is 0.000000340. The Morgan fingerprint density at radius 1 is 0.676 bits per heavy atom. The molecule has 4 amide bonds. The van der Waals surface area contributed by atoms with Crippen molar-refractivity contribution in [2.75, 3.05) is 14.1 Å². The standard InChI is InChI=1S/2C12H21ClN2O2/c2*1-7(2)8-9(16)14(6)10(12(3,4)5)15(8)11(13)17/h2*7-8,10H,1-6H3/t2*8-,10-/m00/s1. The van der Waals surface area contributed by atoms with Crippen LogP contribution in [0.2, 0.25) is 0 Å². The molecule has 2 rings (SSSR count). The highest BCUT2D eigenvalue weighted by atomic mass is 35.5. The molecule has 0 N–H and O–H groups in total. The Bertz CT molecular complexity index is 738. The minimum Gasteiger partial charge on any atom is -0.323 e. The van der Waals surface area contributed by atoms with Crippen LogP contribution in [-0.2, 0) is 9.59 Å². The summed E-state index contributed by atoms with van der Waals surface area (Å²) in [6, 6.07) is -0.900. The van der Waals surface area contributed by atoms with E-state index < -0.39 is 22.8 Å². The number of nitrogens with zero attached hydrogens (tertiary/aromatic N) is 4. The van der Waals surface area contributed by atoms with Gasteiger partial charge in [-0.05, 0) is 35.0 Å². The molecule has 0 bridgehead atoms. The zero-order chi connectivity index (χ0) is 27.1. The first-order chi connectivity index (χ1) is 15.2. The van der Waals surface area contributed by atoms with Crippen molar-refractivity contribution in [1.82, 2.24) is 19.6 Å². The molecule has 0 radical (unpaired) electrons. The van der Waals surface area contributed by atoms with Gasteiger partial charge in [-0.3, -0.25) is 29.0 Å². The van der Waals surface area contributed by atoms with E-state index in [1.165, 1.54) is 9.80 Å². The summed E-state index contributed by atoms with van der Waals surface area (Å²) in [5.41, 5.74) is -0.447. The molecule has 2 fully saturated rings. The van der Waals surface area contributed by atoms with Gasteiger partial charge < -0.3 is 9.80 Å². The maximum absolute atomic E-state index is 12.2. The number of carbonyl (C=O) groups excluding carboxylic acids is 4. The van der Waals surface area contributed by atoms with Crippen molar-refractivity contribution < 1.29 is 19.2 Å². The average Bonchev–Trinajstić information content (AvgIpc) is 3.07. The summed E-state index contributed by atoms with van der Waals surface area (Å²) in [7, 11) is 3.46. The number of hydrogen-bond donors (Lipinski definition) is 0. The van der Waals surface area contributed by atoms with Crippen LogP contribution in [0, 0.1) is 22.7 Å². The molecule has 0 unspecified atom stereocenters. The predicted molar refractivity (Wildman–Crippen MR) is 135 cm³/mol. The van der Waals surface area contributed by atoms with Gasteiger partial charge in [0.15, 0.2) is 0 Å². The SMILES string of the molecule is CC(C)[C@H]1C(=O)N(C)[C@H](C(C)(C)C)N1C(=O)Cl.CC(C)[C@H]1C(=O)N(C)[C@H](C(C)(C)C)N1C(=O)Cl. The van der Waals surface area contributed by atoms with Gasteiger partial charge in [0.25, 0.3) is 0 Å². The Hall–Kier alpha value is -1.54. The summed E-state index contributed by atoms with van der Waals surface area (Å²) in [5, 5.41) is -1.11. The average molecular weight is 522 g/mol. The van der Waals surface area contributed by atoms with Gasteiger partial charge in [0, 0.05) is 24.9 Å². The molecule has 0 aromatic rings. The predicted octanol–water partition coefficient (Wildman–Crippen LogP) is 5.03. The van der Waals surface area contributed by atoms with Crippen LogP contribution < -0.4 is 0 Å². The molecule has 196 valence electrons. The molecule has 2 aliphatic heterocycles. The first-order valence-electron chi connectivity index (χ1n) is 11.7. The Morgan fingerprint density at radius 2 is 0.912 bits per heavy atom. The smallest absolute Gasteiger partial charge is 0.318 e. The fourth-order valence-corrected chi connectivity index (χ4v) is 5.59. The molecule has 4 atom stereocenters. The third-order valence-corrected chi connectivity index (χ3v) is 6.67. The van der Waals surface area contributed by atoms with E-state index in [1.54, 1.807) is 23.9 Å². The monoisotopic (exact) mass is 520 g/mol. The van der Waals surface area contributed by atoms with Crippen LogP contribution in [-0.4, -0.2) is 80.7 Å². The maximum atomic E-state index is 12.2. The molecular weight excluding hydrogens is 479 g/mol. The summed E-state index contributed by atoms with van der Waals surface area (Å²) < 4.78 is 0. The van der Waals surface area contributed by atoms with E-state index in [9.17, 15) is 19.2 Å². The van der Waals surface area contributed by atoms with Crippen molar-refractivity contribution in [3.8, 4) is 0 Å². The lowest BCUT2D eigenvalue weighted by Gasteiger charge is -2.38. The van der Waals surface area contributed by atoms with Gasteiger partial charge in [-0.25, -0.2) is 0 Å². The fourth-order valence-electron chi connectivity index (χ4n) is 5.19. The number of carbonyl (C=O) groups is 4. The number of amides is 4. The first-order valence-corrected chi connectivity index (χ1v) is 12.4. The van der Waals surface area contributed by atoms with Crippen LogP contribution in [0.5, 0.6) is 0 Å². The molecule has 2 heterocycles. The molecule has 8 nitrogen and oxygen atoms in total. The fraction of sp³-hybridized carbons (Fsp3) is 0.833. The molecule has 0 aliphatic carbocycles. The molecule has 2 aliphatic rings. The van der Waals surface area contributed by atoms with Crippen molar-refractivity contribution in [2.45, 2.75) is 93.7 Å². The highest BCUT2D eigenvalue weighted by molar-refractivity contribution is 6.63. The lowest BCUT2D eigenvalue weighted by atomic mass is 9.91. The van der Waals surface area contributed by atoms with Crippen LogP contribution in [0.4, 0.5) is 9.59 Å². The second-order valence-corrected chi connectivity index (χ2v) is 12.7. The summed E-state index contributed by atoms with van der Waals surface area (Å²) in [6.45, 7) is 19.7. The van der Waals surface area contributed by atoms with Crippen molar-refractivity contribution in [3.05, 3.63) is 0 Å². The second kappa shape index (κ2) is 10.6. The van der Waals surface area contributed by atoms with Crippen molar-refractivity contribution in [2.24, 2.45) is 22.7 Å². The van der Waals surface area contributed by atoms with Crippen LogP contribution in [0.1, 0.15) is 69.2 Å². The number of hydrogen-bond acceptors (Lipinski definition) is 4. The molecule has 0 saturated carbocycles. The van der Waals surface area contributed by atoms with E-state index in [1.807, 2.05) is 69.2 Å². The highest BCUT2D eigenvalue weighted by Crippen LogP contribution is 2.38. The second-order valence-electron chi connectivity index (χ2n) is 12.1. The van der Waals surface area contributed by atoms with Crippen LogP contribution in [0.3, 0.4) is 0 Å². The molecule has 2 saturated heterocycles. The summed E-state index contributed by atoms with van der Waals surface area (Å²) in [4.78, 5) is 53.9. The van der Waals surface area contributed by atoms with Crippen molar-refractivity contribution in [3.63, 3.8) is 0 Å². The number of halogens is 2. The van der Waals surface area contributed by atoms with E-state index in [0.717, 1.165) is 0 Å². The van der Waals surface area contributed by atoms with Gasteiger partial charge in [-0.15, -0.1) is 0 Å². The lowest BCUT2D eigenvalue weighted by molar-refractivity contribution is -0.131. The third kappa shape index (κ3) is 5.99. The zero-order valence-electron chi connectivity index (χ0n) is 22.6. The van der Waals surface area contributed by atoms with E-state index in [0.29, 0.717) is 0 Å². The minimum atomic E-state index is -0.554. The normalized spacial score (nSPS) is 26.0. The molecule has 0 aromatic heterocycles. The Kier molecular flexibility index (Phi) is 9.51. The van der Waals surface area contributed by atoms with E-state index in [-0.39, 0.29) is 46.8 Å². The van der Waals surface area contributed by atoms with Crippen molar-refractivity contribution >= 4 is 45.7 Å². The van der Waals surface area contributed by atoms with Gasteiger partial charge in [-0.1, -0.05) is 69.2 Å². The van der Waals surface area contributed by atoms with Crippen molar-refractivity contribution in [1.29, 1.82) is 0 Å². The van der Waals surface area contributed by atoms with Gasteiger partial charge in [0.05, 0.1) is 0 Å². The molecule has 10 heteroatoms. The summed E-state index contributed by atoms with van der Waals surface area (Å²) in [6.07, 6.45) is -0.570. The Labute approximate surface area is 214 Å². The van der Waals surface area contributed by atoms with Gasteiger partial charge >= 0.3 is 10.7 Å². The minimum absolute atomic E-state index is 0.0334. The van der Waals surface area contributed by atoms with Crippen LogP contribution in [0.15, 0.2) is 0 Å². The highest BCUT2D eigenvalue weighted by Gasteiger charge is 2.53. The maximum Gasteiger partial charge on any atom is 0.318 e. The third-order valence-electron chi connectivity index (χ3n) is 6.28. The Morgan fingerprint density at radius 3 is 1.06 bits per heavy atom. The van der Waals surface area contributed by atoms with Gasteiger partial charge in [0.2, 0.25) is 11.8 Å². The zero-order valence-corrected chi connectivity index (χ0v) is 24.2. The summed E-state index contributed by atoms with van der Waals surface area (Å²) >= 11 is 11.3. The molecular formula is C24H42Cl2N4O4.